The van der Waals surface area contributed by atoms with Crippen molar-refractivity contribution >= 4 is 0 Å². The molecule has 4 aromatic rings. The van der Waals surface area contributed by atoms with Crippen LogP contribution in [0.25, 0.3) is 34.3 Å². The van der Waals surface area contributed by atoms with Crippen molar-refractivity contribution in [1.29, 1.82) is 5.26 Å². The van der Waals surface area contributed by atoms with Crippen LogP contribution in [0.1, 0.15) is 45.1 Å². The lowest BCUT2D eigenvalue weighted by atomic mass is 9.90. The second kappa shape index (κ2) is 10.7. The van der Waals surface area contributed by atoms with E-state index in [1.54, 1.807) is 45.3 Å². The van der Waals surface area contributed by atoms with Gasteiger partial charge in [-0.3, -0.25) is 9.97 Å². The Balaban J connectivity index is 0.00000353. The van der Waals surface area contributed by atoms with Crippen molar-refractivity contribution in [2.75, 3.05) is 13.2 Å². The third-order valence-corrected chi connectivity index (χ3v) is 6.64. The van der Waals surface area contributed by atoms with E-state index >= 15 is 4.39 Å². The van der Waals surface area contributed by atoms with E-state index in [1.165, 1.54) is 6.07 Å². The smallest absolute Gasteiger partial charge is 0.268 e. The topological polar surface area (TPSA) is 123 Å². The summed E-state index contributed by atoms with van der Waals surface area (Å²) in [7, 11) is 0. The molecule has 1 fully saturated rings. The third-order valence-electron chi connectivity index (χ3n) is 6.64. The Morgan fingerprint density at radius 2 is 1.92 bits per heavy atom. The Morgan fingerprint density at radius 1 is 1.13 bits per heavy atom. The van der Waals surface area contributed by atoms with E-state index in [2.05, 4.69) is 31.6 Å². The number of nitrogens with zero attached hydrogens (tertiary/aromatic N) is 6. The fraction of sp³-hybridized carbons (Fsp3) is 0.357. The molecule has 0 spiro atoms. The lowest BCUT2D eigenvalue weighted by Crippen LogP contribution is -2.34. The lowest BCUT2D eigenvalue weighted by molar-refractivity contribution is 0.0776. The van der Waals surface area contributed by atoms with Gasteiger partial charge in [0.15, 0.2) is 0 Å². The standard InChI is InChI=1S/C28H28FN7O2.H2/c1-17-25(34-23(15-32-17)19-6-9-31-24(13-19)28(2,3)16-30)27-36-35-26(38-27)21-5-4-18(12-22(21)29)14-33-20-7-10-37-11-8-20;/h4-6,9,12-13,15,20,33H,7-8,10-11,14H2,1-3H3;1H. The van der Waals surface area contributed by atoms with Crippen LogP contribution >= 0.6 is 0 Å². The highest BCUT2D eigenvalue weighted by molar-refractivity contribution is 5.64. The Kier molecular flexibility index (Phi) is 7.22. The summed E-state index contributed by atoms with van der Waals surface area (Å²) in [5.41, 5.74) is 3.24. The molecule has 3 aromatic heterocycles. The molecule has 9 nitrogen and oxygen atoms in total. The Hall–Kier alpha value is -4.07. The van der Waals surface area contributed by atoms with Crippen LogP contribution in [0.3, 0.4) is 0 Å². The summed E-state index contributed by atoms with van der Waals surface area (Å²) in [6.45, 7) is 7.47. The van der Waals surface area contributed by atoms with Crippen molar-refractivity contribution in [2.24, 2.45) is 0 Å². The first-order valence-electron chi connectivity index (χ1n) is 12.5. The van der Waals surface area contributed by atoms with Gasteiger partial charge in [-0.05, 0) is 63.4 Å². The normalized spacial score (nSPS) is 14.4. The lowest BCUT2D eigenvalue weighted by Gasteiger charge is -2.23. The number of aromatic nitrogens is 5. The molecule has 1 N–H and O–H groups in total. The van der Waals surface area contributed by atoms with Crippen LogP contribution in [0, 0.1) is 24.1 Å². The molecule has 1 aliphatic rings. The van der Waals surface area contributed by atoms with Crippen molar-refractivity contribution in [3.8, 4) is 40.4 Å². The Labute approximate surface area is 221 Å². The van der Waals surface area contributed by atoms with E-state index in [1.807, 2.05) is 12.1 Å². The number of rotatable bonds is 7. The predicted octanol–water partition coefficient (Wildman–Crippen LogP) is 5.02. The molecule has 0 aliphatic carbocycles. The minimum atomic E-state index is -0.751. The first-order chi connectivity index (χ1) is 18.3. The van der Waals surface area contributed by atoms with Crippen LogP contribution in [-0.2, 0) is 16.7 Å². The Bertz CT molecular complexity index is 1500. The minimum Gasteiger partial charge on any atom is -0.414 e. The van der Waals surface area contributed by atoms with Gasteiger partial charge >= 0.3 is 0 Å². The summed E-state index contributed by atoms with van der Waals surface area (Å²) in [5.74, 6) is -0.231. The van der Waals surface area contributed by atoms with Gasteiger partial charge in [0.1, 0.15) is 11.5 Å². The molecule has 0 unspecified atom stereocenters. The van der Waals surface area contributed by atoms with E-state index in [9.17, 15) is 5.26 Å². The maximum Gasteiger partial charge on any atom is 0.268 e. The molecular weight excluding hydrogens is 485 g/mol. The molecule has 196 valence electrons. The number of hydrogen-bond donors (Lipinski definition) is 1. The fourth-order valence-electron chi connectivity index (χ4n) is 4.21. The second-order valence-corrected chi connectivity index (χ2v) is 9.85. The summed E-state index contributed by atoms with van der Waals surface area (Å²) < 4.78 is 26.2. The first-order valence-corrected chi connectivity index (χ1v) is 12.5. The fourth-order valence-corrected chi connectivity index (χ4v) is 4.21. The van der Waals surface area contributed by atoms with Crippen LogP contribution in [0.15, 0.2) is 47.1 Å². The molecule has 1 saturated heterocycles. The first kappa shape index (κ1) is 25.6. The van der Waals surface area contributed by atoms with Crippen LogP contribution in [0.4, 0.5) is 4.39 Å². The largest absolute Gasteiger partial charge is 0.414 e. The summed E-state index contributed by atoms with van der Waals surface area (Å²) in [6, 6.07) is 11.2. The van der Waals surface area contributed by atoms with Crippen molar-refractivity contribution < 1.29 is 15.0 Å². The number of pyridine rings is 1. The molecule has 0 saturated carbocycles. The van der Waals surface area contributed by atoms with Gasteiger partial charge in [0, 0.05) is 39.0 Å². The molecule has 0 bridgehead atoms. The molecular formula is C28H30FN7O2. The molecule has 1 aromatic carbocycles. The molecule has 1 aliphatic heterocycles. The zero-order valence-electron chi connectivity index (χ0n) is 21.5. The molecule has 0 radical (unpaired) electrons. The van der Waals surface area contributed by atoms with Crippen LogP contribution in [-0.4, -0.2) is 44.4 Å². The van der Waals surface area contributed by atoms with E-state index < -0.39 is 11.2 Å². The predicted molar refractivity (Wildman–Crippen MR) is 140 cm³/mol. The van der Waals surface area contributed by atoms with Gasteiger partial charge in [-0.15, -0.1) is 10.2 Å². The van der Waals surface area contributed by atoms with E-state index in [-0.39, 0.29) is 18.8 Å². The number of nitrogens with one attached hydrogen (secondary N) is 1. The summed E-state index contributed by atoms with van der Waals surface area (Å²) in [4.78, 5) is 13.5. The number of halogens is 1. The second-order valence-electron chi connectivity index (χ2n) is 9.85. The van der Waals surface area contributed by atoms with Crippen molar-refractivity contribution in [2.45, 2.75) is 51.6 Å². The van der Waals surface area contributed by atoms with Crippen molar-refractivity contribution in [3.05, 3.63) is 65.5 Å². The quantitative estimate of drug-likeness (QED) is 0.361. The maximum atomic E-state index is 15.0. The Morgan fingerprint density at radius 3 is 2.68 bits per heavy atom. The highest BCUT2D eigenvalue weighted by Gasteiger charge is 2.23. The zero-order valence-corrected chi connectivity index (χ0v) is 21.5. The van der Waals surface area contributed by atoms with E-state index in [4.69, 9.17) is 14.1 Å². The van der Waals surface area contributed by atoms with E-state index in [0.717, 1.165) is 37.2 Å². The van der Waals surface area contributed by atoms with E-state index in [0.29, 0.717) is 35.4 Å². The van der Waals surface area contributed by atoms with Crippen LogP contribution in [0.2, 0.25) is 0 Å². The maximum absolute atomic E-state index is 15.0. The monoisotopic (exact) mass is 515 g/mol. The van der Waals surface area contributed by atoms with Crippen molar-refractivity contribution in [1.82, 2.24) is 30.5 Å². The summed E-state index contributed by atoms with van der Waals surface area (Å²) in [5, 5.41) is 21.1. The average molecular weight is 516 g/mol. The number of benzene rings is 1. The van der Waals surface area contributed by atoms with Gasteiger partial charge in [-0.2, -0.15) is 5.26 Å². The van der Waals surface area contributed by atoms with Gasteiger partial charge in [0.25, 0.3) is 11.8 Å². The molecule has 5 rings (SSSR count). The minimum absolute atomic E-state index is 0. The number of nitriles is 1. The summed E-state index contributed by atoms with van der Waals surface area (Å²) >= 11 is 0. The highest BCUT2D eigenvalue weighted by Crippen LogP contribution is 2.29. The highest BCUT2D eigenvalue weighted by atomic mass is 19.1. The van der Waals surface area contributed by atoms with Gasteiger partial charge < -0.3 is 14.5 Å². The summed E-state index contributed by atoms with van der Waals surface area (Å²) in [6.07, 6.45) is 5.19. The average Bonchev–Trinajstić information content (AvgIpc) is 3.42. The van der Waals surface area contributed by atoms with Crippen LogP contribution in [0.5, 0.6) is 0 Å². The number of aryl methyl sites for hydroxylation is 1. The molecule has 10 heteroatoms. The molecule has 4 heterocycles. The SMILES string of the molecule is Cc1ncc(-c2ccnc(C(C)(C)C#N)c2)nc1-c1nnc(-c2ccc(CNC3CCOCC3)cc2F)o1.[HH]. The van der Waals surface area contributed by atoms with Gasteiger partial charge in [0.2, 0.25) is 0 Å². The molecule has 38 heavy (non-hydrogen) atoms. The number of hydrogen-bond acceptors (Lipinski definition) is 9. The third kappa shape index (κ3) is 5.44. The van der Waals surface area contributed by atoms with Gasteiger partial charge in [-0.1, -0.05) is 6.07 Å². The zero-order chi connectivity index (χ0) is 26.7. The van der Waals surface area contributed by atoms with Crippen LogP contribution < -0.4 is 5.32 Å². The van der Waals surface area contributed by atoms with Gasteiger partial charge in [-0.25, -0.2) is 9.37 Å². The molecule has 0 atom stereocenters. The van der Waals surface area contributed by atoms with Gasteiger partial charge in [0.05, 0.1) is 40.3 Å². The van der Waals surface area contributed by atoms with Crippen molar-refractivity contribution in [3.63, 3.8) is 0 Å². The molecule has 0 amide bonds. The number of ether oxygens (including phenoxy) is 1.